The van der Waals surface area contributed by atoms with Gasteiger partial charge in [-0.05, 0) is 49.2 Å². The molecule has 2 amide bonds. The molecule has 236 valence electrons. The molecule has 0 saturated carbocycles. The van der Waals surface area contributed by atoms with Crippen LogP contribution in [0.3, 0.4) is 0 Å². The molecule has 13 heteroatoms. The fraction of sp³-hybridized carbons (Fsp3) is 0.250. The Hall–Kier alpha value is -4.07. The predicted molar refractivity (Wildman–Crippen MR) is 175 cm³/mol. The molecule has 0 bridgehead atoms. The number of halogens is 2. The number of carbonyl (C=O) groups excluding carboxylic acids is 4. The van der Waals surface area contributed by atoms with Gasteiger partial charge in [0, 0.05) is 46.2 Å². The lowest BCUT2D eigenvalue weighted by Gasteiger charge is -2.09. The summed E-state index contributed by atoms with van der Waals surface area (Å²) >= 11 is 3.76. The highest BCUT2D eigenvalue weighted by molar-refractivity contribution is 7.99. The van der Waals surface area contributed by atoms with Gasteiger partial charge in [-0.15, -0.1) is 22.7 Å². The van der Waals surface area contributed by atoms with Crippen molar-refractivity contribution in [3.05, 3.63) is 82.1 Å². The quantitative estimate of drug-likeness (QED) is 0.104. The minimum Gasteiger partial charge on any atom is -0.462 e. The number of hydrogen-bond acceptors (Lipinski definition) is 9. The van der Waals surface area contributed by atoms with E-state index in [1.807, 2.05) is 0 Å². The standard InChI is InChI=1S/C32H30F2N2O6S3/c1-3-41-31(39)27-23(19-5-9-21(33)10-6-19)17-44-29(27)35-25(37)13-15-43-16-14-26(38)36-30-28(32(40)42-4-2)24(18-45-30)20-7-11-22(34)12-8-20/h5-12,17-18H,3-4,13-16H2,1-2H3,(H,35,37)(H,36,38). The summed E-state index contributed by atoms with van der Waals surface area (Å²) in [7, 11) is 0. The molecule has 0 radical (unpaired) electrons. The zero-order valence-electron chi connectivity index (χ0n) is 24.4. The average Bonchev–Trinajstić information content (AvgIpc) is 3.62. The summed E-state index contributed by atoms with van der Waals surface area (Å²) in [6.45, 7) is 3.67. The minimum absolute atomic E-state index is 0.136. The second kappa shape index (κ2) is 16.3. The minimum atomic E-state index is -0.588. The number of anilines is 2. The van der Waals surface area contributed by atoms with E-state index in [0.717, 1.165) is 0 Å². The number of thioether (sulfide) groups is 1. The predicted octanol–water partition coefficient (Wildman–Crippen LogP) is 7.87. The zero-order valence-corrected chi connectivity index (χ0v) is 26.9. The van der Waals surface area contributed by atoms with Gasteiger partial charge in [-0.3, -0.25) is 9.59 Å². The number of esters is 2. The summed E-state index contributed by atoms with van der Waals surface area (Å²) in [6, 6.07) is 11.4. The van der Waals surface area contributed by atoms with Crippen LogP contribution in [0.4, 0.5) is 18.8 Å². The largest absolute Gasteiger partial charge is 0.462 e. The van der Waals surface area contributed by atoms with Crippen LogP contribution < -0.4 is 10.6 Å². The van der Waals surface area contributed by atoms with Gasteiger partial charge in [-0.25, -0.2) is 18.4 Å². The third-order valence-corrected chi connectivity index (χ3v) is 9.08. The highest BCUT2D eigenvalue weighted by Crippen LogP contribution is 2.38. The molecule has 2 aromatic heterocycles. The Kier molecular flexibility index (Phi) is 12.2. The third-order valence-electron chi connectivity index (χ3n) is 6.30. The molecular weight excluding hydrogens is 643 g/mol. The van der Waals surface area contributed by atoms with Crippen molar-refractivity contribution in [3.8, 4) is 22.3 Å². The highest BCUT2D eigenvalue weighted by atomic mass is 32.2. The SMILES string of the molecule is CCOC(=O)c1c(-c2ccc(F)cc2)csc1NC(=O)CCSCCC(=O)Nc1scc(-c2ccc(F)cc2)c1C(=O)OCC. The van der Waals surface area contributed by atoms with Crippen LogP contribution in [0.5, 0.6) is 0 Å². The maximum Gasteiger partial charge on any atom is 0.341 e. The fourth-order valence-corrected chi connectivity index (χ4v) is 7.02. The molecule has 2 aromatic carbocycles. The molecule has 45 heavy (non-hydrogen) atoms. The van der Waals surface area contributed by atoms with E-state index in [9.17, 15) is 28.0 Å². The Morgan fingerprint density at radius 1 is 0.667 bits per heavy atom. The van der Waals surface area contributed by atoms with Gasteiger partial charge in [-0.1, -0.05) is 24.3 Å². The number of carbonyl (C=O) groups is 4. The van der Waals surface area contributed by atoms with Crippen LogP contribution in [0, 0.1) is 11.6 Å². The van der Waals surface area contributed by atoms with E-state index >= 15 is 0 Å². The highest BCUT2D eigenvalue weighted by Gasteiger charge is 2.24. The van der Waals surface area contributed by atoms with Crippen molar-refractivity contribution in [2.45, 2.75) is 26.7 Å². The second-order valence-corrected chi connectivity index (χ2v) is 12.4. The first-order valence-electron chi connectivity index (χ1n) is 14.0. The first-order valence-corrected chi connectivity index (χ1v) is 16.9. The van der Waals surface area contributed by atoms with E-state index in [2.05, 4.69) is 10.6 Å². The maximum atomic E-state index is 13.4. The molecule has 0 unspecified atom stereocenters. The van der Waals surface area contributed by atoms with Crippen LogP contribution in [-0.2, 0) is 19.1 Å². The average molecular weight is 673 g/mol. The van der Waals surface area contributed by atoms with E-state index in [1.54, 1.807) is 48.9 Å². The summed E-state index contributed by atoms with van der Waals surface area (Å²) in [5, 5.41) is 9.67. The van der Waals surface area contributed by atoms with Gasteiger partial charge in [0.1, 0.15) is 32.8 Å². The molecule has 0 aliphatic carbocycles. The molecule has 8 nitrogen and oxygen atoms in total. The molecular formula is C32H30F2N2O6S3. The molecule has 0 fully saturated rings. The molecule has 4 rings (SSSR count). The van der Waals surface area contributed by atoms with Crippen molar-refractivity contribution < 1.29 is 37.4 Å². The molecule has 0 aliphatic heterocycles. The molecule has 2 heterocycles. The van der Waals surface area contributed by atoms with Gasteiger partial charge in [-0.2, -0.15) is 11.8 Å². The third kappa shape index (κ3) is 8.99. The van der Waals surface area contributed by atoms with Crippen LogP contribution >= 0.6 is 34.4 Å². The smallest absolute Gasteiger partial charge is 0.341 e. The first kappa shape index (κ1) is 33.8. The summed E-state index contributed by atoms with van der Waals surface area (Å²) in [5.74, 6) is -1.76. The molecule has 0 spiro atoms. The molecule has 0 saturated heterocycles. The second-order valence-electron chi connectivity index (χ2n) is 9.37. The Morgan fingerprint density at radius 3 is 1.40 bits per heavy atom. The van der Waals surface area contributed by atoms with Crippen LogP contribution in [-0.4, -0.2) is 48.5 Å². The molecule has 0 aliphatic rings. The van der Waals surface area contributed by atoms with Gasteiger partial charge in [0.25, 0.3) is 0 Å². The van der Waals surface area contributed by atoms with Crippen molar-refractivity contribution in [2.75, 3.05) is 35.4 Å². The van der Waals surface area contributed by atoms with Gasteiger partial charge < -0.3 is 20.1 Å². The van der Waals surface area contributed by atoms with Gasteiger partial charge in [0.05, 0.1) is 13.2 Å². The van der Waals surface area contributed by atoms with Crippen molar-refractivity contribution in [1.29, 1.82) is 0 Å². The summed E-state index contributed by atoms with van der Waals surface area (Å²) in [6.07, 6.45) is 0.272. The summed E-state index contributed by atoms with van der Waals surface area (Å²) in [4.78, 5) is 50.8. The number of amides is 2. The van der Waals surface area contributed by atoms with E-state index in [4.69, 9.17) is 9.47 Å². The Balaban J connectivity index is 1.30. The van der Waals surface area contributed by atoms with Crippen LogP contribution in [0.15, 0.2) is 59.3 Å². The fourth-order valence-electron chi connectivity index (χ4n) is 4.21. The number of benzene rings is 2. The van der Waals surface area contributed by atoms with Crippen LogP contribution in [0.1, 0.15) is 47.4 Å². The lowest BCUT2D eigenvalue weighted by atomic mass is 10.0. The maximum absolute atomic E-state index is 13.4. The molecule has 0 atom stereocenters. The Bertz CT molecular complexity index is 1530. The van der Waals surface area contributed by atoms with Crippen molar-refractivity contribution in [3.63, 3.8) is 0 Å². The van der Waals surface area contributed by atoms with Crippen molar-refractivity contribution in [2.24, 2.45) is 0 Å². The molecule has 4 aromatic rings. The summed E-state index contributed by atoms with van der Waals surface area (Å²) < 4.78 is 37.2. The van der Waals surface area contributed by atoms with Crippen molar-refractivity contribution >= 4 is 68.2 Å². The van der Waals surface area contributed by atoms with E-state index in [0.29, 0.717) is 43.8 Å². The van der Waals surface area contributed by atoms with Gasteiger partial charge in [0.15, 0.2) is 0 Å². The van der Waals surface area contributed by atoms with E-state index in [-0.39, 0.29) is 49.0 Å². The number of ether oxygens (including phenoxy) is 2. The normalized spacial score (nSPS) is 10.8. The number of hydrogen-bond donors (Lipinski definition) is 2. The van der Waals surface area contributed by atoms with Crippen LogP contribution in [0.2, 0.25) is 0 Å². The lowest BCUT2D eigenvalue weighted by molar-refractivity contribution is -0.116. The molecule has 2 N–H and O–H groups in total. The monoisotopic (exact) mass is 672 g/mol. The Labute approximate surface area is 271 Å². The number of rotatable bonds is 14. The lowest BCUT2D eigenvalue weighted by Crippen LogP contribution is -2.16. The van der Waals surface area contributed by atoms with Gasteiger partial charge in [0.2, 0.25) is 11.8 Å². The Morgan fingerprint density at radius 2 is 1.04 bits per heavy atom. The van der Waals surface area contributed by atoms with E-state index < -0.39 is 23.6 Å². The van der Waals surface area contributed by atoms with E-state index in [1.165, 1.54) is 58.7 Å². The number of nitrogens with one attached hydrogen (secondary N) is 2. The number of thiophene rings is 2. The van der Waals surface area contributed by atoms with Crippen molar-refractivity contribution in [1.82, 2.24) is 0 Å². The van der Waals surface area contributed by atoms with Crippen LogP contribution in [0.25, 0.3) is 22.3 Å². The first-order chi connectivity index (χ1) is 21.7. The summed E-state index contributed by atoms with van der Waals surface area (Å²) in [5.41, 5.74) is 2.74. The van der Waals surface area contributed by atoms with Gasteiger partial charge >= 0.3 is 11.9 Å². The zero-order chi connectivity index (χ0) is 32.3. The topological polar surface area (TPSA) is 111 Å².